The Morgan fingerprint density at radius 2 is 2.22 bits per heavy atom. The Morgan fingerprint density at radius 1 is 1.33 bits per heavy atom. The minimum atomic E-state index is 0.470. The molecule has 1 aliphatic carbocycles. The smallest absolute Gasteiger partial charge is 0.123 e. The van der Waals surface area contributed by atoms with E-state index in [1.54, 1.807) is 12.5 Å². The Morgan fingerprint density at radius 3 is 2.89 bits per heavy atom. The van der Waals surface area contributed by atoms with E-state index in [0.29, 0.717) is 12.6 Å². The molecule has 2 N–H and O–H groups in total. The number of nitrogens with two attached hydrogens (primary N) is 1. The van der Waals surface area contributed by atoms with Crippen molar-refractivity contribution in [1.82, 2.24) is 4.98 Å². The van der Waals surface area contributed by atoms with Crippen LogP contribution in [0.3, 0.4) is 0 Å². The van der Waals surface area contributed by atoms with E-state index in [0.717, 1.165) is 23.7 Å². The minimum Gasteiger partial charge on any atom is -0.467 e. The molecule has 0 aromatic carbocycles. The molecule has 2 aromatic rings. The highest BCUT2D eigenvalue weighted by molar-refractivity contribution is 5.52. The number of pyridine rings is 1. The van der Waals surface area contributed by atoms with Crippen molar-refractivity contribution >= 4 is 5.69 Å². The lowest BCUT2D eigenvalue weighted by molar-refractivity contribution is 0.500. The average molecular weight is 243 g/mol. The highest BCUT2D eigenvalue weighted by Crippen LogP contribution is 2.34. The SMILES string of the molecule is NCc1ncccc1N(Cc1ccco1)C1CC1. The van der Waals surface area contributed by atoms with Crippen LogP contribution in [0.25, 0.3) is 0 Å². The van der Waals surface area contributed by atoms with Crippen molar-refractivity contribution in [3.8, 4) is 0 Å². The van der Waals surface area contributed by atoms with E-state index < -0.39 is 0 Å². The highest BCUT2D eigenvalue weighted by Gasteiger charge is 2.31. The molecular formula is C14H17N3O. The van der Waals surface area contributed by atoms with Gasteiger partial charge in [0.2, 0.25) is 0 Å². The molecule has 0 spiro atoms. The fraction of sp³-hybridized carbons (Fsp3) is 0.357. The van der Waals surface area contributed by atoms with E-state index in [1.807, 2.05) is 18.2 Å². The van der Waals surface area contributed by atoms with Gasteiger partial charge in [-0.1, -0.05) is 0 Å². The zero-order chi connectivity index (χ0) is 12.4. The molecule has 1 fully saturated rings. The molecule has 0 bridgehead atoms. The van der Waals surface area contributed by atoms with Crippen molar-refractivity contribution in [2.45, 2.75) is 32.0 Å². The predicted octanol–water partition coefficient (Wildman–Crippen LogP) is 2.30. The molecule has 0 saturated heterocycles. The van der Waals surface area contributed by atoms with Crippen molar-refractivity contribution in [3.05, 3.63) is 48.2 Å². The summed E-state index contributed by atoms with van der Waals surface area (Å²) < 4.78 is 5.44. The number of aromatic nitrogens is 1. The van der Waals surface area contributed by atoms with Crippen molar-refractivity contribution in [2.24, 2.45) is 5.73 Å². The standard InChI is InChI=1S/C14H17N3O/c15-9-13-14(4-1-7-16-13)17(11-5-6-11)10-12-3-2-8-18-12/h1-4,7-8,11H,5-6,9-10,15H2. The van der Waals surface area contributed by atoms with Crippen LogP contribution in [0.1, 0.15) is 24.3 Å². The van der Waals surface area contributed by atoms with Gasteiger partial charge in [0.1, 0.15) is 5.76 Å². The maximum Gasteiger partial charge on any atom is 0.123 e. The van der Waals surface area contributed by atoms with E-state index in [-0.39, 0.29) is 0 Å². The van der Waals surface area contributed by atoms with Gasteiger partial charge in [-0.15, -0.1) is 0 Å². The molecule has 1 aliphatic rings. The molecule has 1 saturated carbocycles. The Bertz CT molecular complexity index is 506. The lowest BCUT2D eigenvalue weighted by atomic mass is 10.2. The lowest BCUT2D eigenvalue weighted by Gasteiger charge is -2.25. The van der Waals surface area contributed by atoms with Crippen LogP contribution in [0.15, 0.2) is 41.1 Å². The average Bonchev–Trinajstić information content (AvgIpc) is 3.13. The number of nitrogens with zero attached hydrogens (tertiary/aromatic N) is 2. The second kappa shape index (κ2) is 4.82. The summed E-state index contributed by atoms with van der Waals surface area (Å²) in [5.74, 6) is 0.980. The molecule has 3 rings (SSSR count). The van der Waals surface area contributed by atoms with E-state index >= 15 is 0 Å². The highest BCUT2D eigenvalue weighted by atomic mass is 16.3. The van der Waals surface area contributed by atoms with Gasteiger partial charge in [0.15, 0.2) is 0 Å². The van der Waals surface area contributed by atoms with E-state index in [1.165, 1.54) is 12.8 Å². The van der Waals surface area contributed by atoms with Crippen LogP contribution in [0, 0.1) is 0 Å². The van der Waals surface area contributed by atoms with Crippen molar-refractivity contribution in [3.63, 3.8) is 0 Å². The van der Waals surface area contributed by atoms with Crippen LogP contribution in [-0.4, -0.2) is 11.0 Å². The summed E-state index contributed by atoms with van der Waals surface area (Å²) in [6.45, 7) is 1.26. The van der Waals surface area contributed by atoms with Crippen molar-refractivity contribution in [2.75, 3.05) is 4.90 Å². The van der Waals surface area contributed by atoms with Crippen molar-refractivity contribution in [1.29, 1.82) is 0 Å². The second-order valence-corrected chi connectivity index (χ2v) is 4.61. The first kappa shape index (κ1) is 11.3. The first-order chi connectivity index (χ1) is 8.88. The van der Waals surface area contributed by atoms with Gasteiger partial charge in [0.25, 0.3) is 0 Å². The van der Waals surface area contributed by atoms with Crippen LogP contribution < -0.4 is 10.6 Å². The van der Waals surface area contributed by atoms with Gasteiger partial charge in [-0.05, 0) is 37.1 Å². The molecule has 0 radical (unpaired) electrons. The molecule has 4 heteroatoms. The largest absolute Gasteiger partial charge is 0.467 e. The number of furan rings is 1. The van der Waals surface area contributed by atoms with Gasteiger partial charge in [0.05, 0.1) is 24.2 Å². The van der Waals surface area contributed by atoms with Gasteiger partial charge in [0, 0.05) is 18.8 Å². The summed E-state index contributed by atoms with van der Waals surface area (Å²) >= 11 is 0. The van der Waals surface area contributed by atoms with Crippen LogP contribution in [-0.2, 0) is 13.1 Å². The van der Waals surface area contributed by atoms with Crippen LogP contribution >= 0.6 is 0 Å². The molecule has 0 atom stereocenters. The summed E-state index contributed by atoms with van der Waals surface area (Å²) in [5.41, 5.74) is 7.86. The second-order valence-electron chi connectivity index (χ2n) is 4.61. The Balaban J connectivity index is 1.89. The number of anilines is 1. The summed E-state index contributed by atoms with van der Waals surface area (Å²) in [4.78, 5) is 6.72. The van der Waals surface area contributed by atoms with Gasteiger partial charge in [-0.25, -0.2) is 0 Å². The molecule has 0 unspecified atom stereocenters. The monoisotopic (exact) mass is 243 g/mol. The summed E-state index contributed by atoms with van der Waals surface area (Å²) in [6.07, 6.45) is 5.98. The zero-order valence-electron chi connectivity index (χ0n) is 10.2. The Hall–Kier alpha value is -1.81. The molecule has 0 aliphatic heterocycles. The molecule has 18 heavy (non-hydrogen) atoms. The zero-order valence-corrected chi connectivity index (χ0v) is 10.2. The lowest BCUT2D eigenvalue weighted by Crippen LogP contribution is -2.26. The van der Waals surface area contributed by atoms with E-state index in [2.05, 4.69) is 16.0 Å². The molecule has 2 aromatic heterocycles. The maximum absolute atomic E-state index is 5.77. The minimum absolute atomic E-state index is 0.470. The number of hydrogen-bond donors (Lipinski definition) is 1. The normalized spacial score (nSPS) is 14.7. The number of hydrogen-bond acceptors (Lipinski definition) is 4. The van der Waals surface area contributed by atoms with Crippen molar-refractivity contribution < 1.29 is 4.42 Å². The third-order valence-electron chi connectivity index (χ3n) is 3.26. The van der Waals surface area contributed by atoms with Crippen LogP contribution in [0.5, 0.6) is 0 Å². The first-order valence-corrected chi connectivity index (χ1v) is 6.31. The van der Waals surface area contributed by atoms with Crippen LogP contribution in [0.2, 0.25) is 0 Å². The first-order valence-electron chi connectivity index (χ1n) is 6.31. The van der Waals surface area contributed by atoms with Gasteiger partial charge in [-0.3, -0.25) is 4.98 Å². The Labute approximate surface area is 106 Å². The third-order valence-corrected chi connectivity index (χ3v) is 3.26. The van der Waals surface area contributed by atoms with Crippen LogP contribution in [0.4, 0.5) is 5.69 Å². The Kier molecular flexibility index (Phi) is 3.02. The quantitative estimate of drug-likeness (QED) is 0.875. The molecule has 94 valence electrons. The summed E-state index contributed by atoms with van der Waals surface area (Å²) in [7, 11) is 0. The maximum atomic E-state index is 5.77. The van der Waals surface area contributed by atoms with E-state index in [9.17, 15) is 0 Å². The molecule has 4 nitrogen and oxygen atoms in total. The summed E-state index contributed by atoms with van der Waals surface area (Å²) in [6, 6.07) is 8.59. The molecule has 2 heterocycles. The topological polar surface area (TPSA) is 55.3 Å². The van der Waals surface area contributed by atoms with Gasteiger partial charge in [-0.2, -0.15) is 0 Å². The summed E-state index contributed by atoms with van der Waals surface area (Å²) in [5, 5.41) is 0. The fourth-order valence-electron chi connectivity index (χ4n) is 2.22. The molecular weight excluding hydrogens is 226 g/mol. The fourth-order valence-corrected chi connectivity index (χ4v) is 2.22. The number of rotatable bonds is 5. The van der Waals surface area contributed by atoms with Gasteiger partial charge >= 0.3 is 0 Å². The van der Waals surface area contributed by atoms with Gasteiger partial charge < -0.3 is 15.1 Å². The van der Waals surface area contributed by atoms with E-state index in [4.69, 9.17) is 10.2 Å². The predicted molar refractivity (Wildman–Crippen MR) is 70.0 cm³/mol. The third kappa shape index (κ3) is 2.24. The molecule has 0 amide bonds.